The number of likely N-dealkylation sites (N-methyl/N-ethyl adjacent to an activating group) is 1. The maximum atomic E-state index is 12.2. The van der Waals surface area contributed by atoms with Gasteiger partial charge < -0.3 is 15.4 Å². The smallest absolute Gasteiger partial charge is 0.328 e. The molecule has 1 unspecified atom stereocenters. The topological polar surface area (TPSA) is 87.1 Å². The van der Waals surface area contributed by atoms with E-state index in [9.17, 15) is 14.7 Å². The normalized spacial score (nSPS) is 12.8. The van der Waals surface area contributed by atoms with E-state index in [4.69, 9.17) is 0 Å². The molecule has 0 aliphatic rings. The first-order chi connectivity index (χ1) is 8.54. The summed E-state index contributed by atoms with van der Waals surface area (Å²) in [4.78, 5) is 26.5. The van der Waals surface area contributed by atoms with E-state index in [1.807, 2.05) is 6.92 Å². The van der Waals surface area contributed by atoms with Crippen LogP contribution in [0.1, 0.15) is 6.92 Å². The molecule has 0 aliphatic carbocycles. The van der Waals surface area contributed by atoms with Gasteiger partial charge in [-0.3, -0.25) is 9.36 Å². The van der Waals surface area contributed by atoms with Crippen LogP contribution in [0.15, 0.2) is 27.8 Å². The lowest BCUT2D eigenvalue weighted by Crippen LogP contribution is -2.40. The third-order valence-corrected chi connectivity index (χ3v) is 2.94. The van der Waals surface area contributed by atoms with Crippen molar-refractivity contribution in [3.8, 4) is 5.75 Å². The number of H-pyrrole nitrogens is 1. The molecule has 2 aromatic rings. The highest BCUT2D eigenvalue weighted by molar-refractivity contribution is 5.82. The molecule has 6 heteroatoms. The number of nitrogens with zero attached hydrogens (tertiary/aromatic N) is 1. The number of aromatic amines is 1. The molecular formula is C12H15N3O3. The van der Waals surface area contributed by atoms with Gasteiger partial charge in [0.1, 0.15) is 5.75 Å². The summed E-state index contributed by atoms with van der Waals surface area (Å²) in [6.45, 7) is 2.15. The highest BCUT2D eigenvalue weighted by Crippen LogP contribution is 2.17. The SMILES string of the molecule is CNC(C)Cn1c(=O)[nH]c2c(O)cccc2c1=O. The number of hydrogen-bond acceptors (Lipinski definition) is 4. The monoisotopic (exact) mass is 249 g/mol. The Bertz CT molecular complexity index is 687. The first kappa shape index (κ1) is 12.4. The van der Waals surface area contributed by atoms with Gasteiger partial charge in [0.15, 0.2) is 0 Å². The molecule has 0 spiro atoms. The minimum Gasteiger partial charge on any atom is -0.506 e. The number of nitrogens with one attached hydrogen (secondary N) is 2. The second-order valence-corrected chi connectivity index (χ2v) is 4.24. The van der Waals surface area contributed by atoms with E-state index in [0.29, 0.717) is 5.39 Å². The van der Waals surface area contributed by atoms with Crippen LogP contribution >= 0.6 is 0 Å². The Morgan fingerprint density at radius 1 is 1.44 bits per heavy atom. The molecule has 1 aromatic heterocycles. The lowest BCUT2D eigenvalue weighted by molar-refractivity contribution is 0.476. The van der Waals surface area contributed by atoms with Gasteiger partial charge in [0.2, 0.25) is 0 Å². The zero-order chi connectivity index (χ0) is 13.3. The molecule has 2 rings (SSSR count). The summed E-state index contributed by atoms with van der Waals surface area (Å²) in [6.07, 6.45) is 0. The van der Waals surface area contributed by atoms with E-state index in [2.05, 4.69) is 10.3 Å². The third-order valence-electron chi connectivity index (χ3n) is 2.94. The number of phenols is 1. The van der Waals surface area contributed by atoms with Crippen LogP contribution < -0.4 is 16.6 Å². The zero-order valence-corrected chi connectivity index (χ0v) is 10.2. The van der Waals surface area contributed by atoms with Crippen molar-refractivity contribution in [2.75, 3.05) is 7.05 Å². The predicted octanol–water partition coefficient (Wildman–Crippen LogP) is 0.00330. The maximum Gasteiger partial charge on any atom is 0.328 e. The minimum atomic E-state index is -0.517. The molecule has 0 bridgehead atoms. The summed E-state index contributed by atoms with van der Waals surface area (Å²) in [6, 6.07) is 4.58. The van der Waals surface area contributed by atoms with Crippen LogP contribution in [0.3, 0.4) is 0 Å². The molecule has 1 aromatic carbocycles. The number of phenolic OH excluding ortho intramolecular Hbond substituents is 1. The lowest BCUT2D eigenvalue weighted by Gasteiger charge is -2.12. The molecule has 0 aliphatic heterocycles. The third kappa shape index (κ3) is 2.02. The number of para-hydroxylation sites is 1. The average Bonchev–Trinajstić information content (AvgIpc) is 2.35. The average molecular weight is 249 g/mol. The Hall–Kier alpha value is -2.08. The standard InChI is InChI=1S/C12H15N3O3/c1-7(13-2)6-15-11(17)8-4-3-5-9(16)10(8)14-12(15)18/h3-5,7,13,16H,6H2,1-2H3,(H,14,18). The van der Waals surface area contributed by atoms with Crippen LogP contribution in [0.2, 0.25) is 0 Å². The number of hydrogen-bond donors (Lipinski definition) is 3. The van der Waals surface area contributed by atoms with Gasteiger partial charge in [-0.1, -0.05) is 6.07 Å². The second-order valence-electron chi connectivity index (χ2n) is 4.24. The van der Waals surface area contributed by atoms with Crippen LogP contribution in [0, 0.1) is 0 Å². The quantitative estimate of drug-likeness (QED) is 0.714. The van der Waals surface area contributed by atoms with Crippen LogP contribution in [0.4, 0.5) is 0 Å². The number of benzene rings is 1. The lowest BCUT2D eigenvalue weighted by atomic mass is 10.2. The van der Waals surface area contributed by atoms with E-state index in [-0.39, 0.29) is 23.9 Å². The number of rotatable bonds is 3. The maximum absolute atomic E-state index is 12.2. The fourth-order valence-electron chi connectivity index (χ4n) is 1.79. The van der Waals surface area contributed by atoms with Crippen LogP contribution in [-0.2, 0) is 6.54 Å². The van der Waals surface area contributed by atoms with Crippen molar-refractivity contribution < 1.29 is 5.11 Å². The molecule has 0 fully saturated rings. The summed E-state index contributed by atoms with van der Waals surface area (Å²) in [5.41, 5.74) is -0.733. The van der Waals surface area contributed by atoms with Crippen molar-refractivity contribution in [2.45, 2.75) is 19.5 Å². The summed E-state index contributed by atoms with van der Waals surface area (Å²) in [5, 5.41) is 12.9. The Kier molecular flexibility index (Phi) is 3.20. The number of aromatic hydroxyl groups is 1. The first-order valence-electron chi connectivity index (χ1n) is 5.66. The molecule has 0 saturated heterocycles. The highest BCUT2D eigenvalue weighted by Gasteiger charge is 2.11. The molecule has 0 radical (unpaired) electrons. The molecule has 6 nitrogen and oxygen atoms in total. The van der Waals surface area contributed by atoms with Gasteiger partial charge in [0, 0.05) is 12.6 Å². The largest absolute Gasteiger partial charge is 0.506 e. The number of aromatic nitrogens is 2. The van der Waals surface area contributed by atoms with Crippen molar-refractivity contribution >= 4 is 10.9 Å². The zero-order valence-electron chi connectivity index (χ0n) is 10.2. The fourth-order valence-corrected chi connectivity index (χ4v) is 1.79. The first-order valence-corrected chi connectivity index (χ1v) is 5.66. The van der Waals surface area contributed by atoms with Crippen molar-refractivity contribution in [1.82, 2.24) is 14.9 Å². The molecular weight excluding hydrogens is 234 g/mol. The van der Waals surface area contributed by atoms with Crippen molar-refractivity contribution in [3.05, 3.63) is 39.0 Å². The predicted molar refractivity (Wildman–Crippen MR) is 69.0 cm³/mol. The molecule has 1 heterocycles. The van der Waals surface area contributed by atoms with Gasteiger partial charge in [-0.2, -0.15) is 0 Å². The van der Waals surface area contributed by atoms with E-state index < -0.39 is 11.2 Å². The Labute approximate surface area is 103 Å². The van der Waals surface area contributed by atoms with Gasteiger partial charge in [-0.25, -0.2) is 4.79 Å². The number of fused-ring (bicyclic) bond motifs is 1. The molecule has 0 saturated carbocycles. The highest BCUT2D eigenvalue weighted by atomic mass is 16.3. The molecule has 3 N–H and O–H groups in total. The molecule has 0 amide bonds. The van der Waals surface area contributed by atoms with Crippen LogP contribution in [0.5, 0.6) is 5.75 Å². The van der Waals surface area contributed by atoms with Crippen LogP contribution in [0.25, 0.3) is 10.9 Å². The van der Waals surface area contributed by atoms with Crippen molar-refractivity contribution in [2.24, 2.45) is 0 Å². The molecule has 18 heavy (non-hydrogen) atoms. The van der Waals surface area contributed by atoms with E-state index in [1.54, 1.807) is 19.2 Å². The summed E-state index contributed by atoms with van der Waals surface area (Å²) in [5.74, 6) is -0.101. The van der Waals surface area contributed by atoms with Gasteiger partial charge >= 0.3 is 5.69 Å². The summed E-state index contributed by atoms with van der Waals surface area (Å²) < 4.78 is 1.13. The van der Waals surface area contributed by atoms with Gasteiger partial charge in [-0.05, 0) is 26.1 Å². The Morgan fingerprint density at radius 2 is 2.17 bits per heavy atom. The van der Waals surface area contributed by atoms with Crippen LogP contribution in [-0.4, -0.2) is 27.7 Å². The van der Waals surface area contributed by atoms with E-state index >= 15 is 0 Å². The minimum absolute atomic E-state index is 0.00133. The van der Waals surface area contributed by atoms with Gasteiger partial charge in [0.05, 0.1) is 10.9 Å². The molecule has 96 valence electrons. The summed E-state index contributed by atoms with van der Waals surface area (Å²) in [7, 11) is 1.76. The van der Waals surface area contributed by atoms with E-state index in [1.165, 1.54) is 6.07 Å². The van der Waals surface area contributed by atoms with Crippen molar-refractivity contribution in [1.29, 1.82) is 0 Å². The Morgan fingerprint density at radius 3 is 2.83 bits per heavy atom. The summed E-state index contributed by atoms with van der Waals surface area (Å²) >= 11 is 0. The molecule has 1 atom stereocenters. The van der Waals surface area contributed by atoms with E-state index in [0.717, 1.165) is 4.57 Å². The fraction of sp³-hybridized carbons (Fsp3) is 0.333. The van der Waals surface area contributed by atoms with Gasteiger partial charge in [0.25, 0.3) is 5.56 Å². The second kappa shape index (κ2) is 4.66. The van der Waals surface area contributed by atoms with Gasteiger partial charge in [-0.15, -0.1) is 0 Å². The Balaban J connectivity index is 2.70. The van der Waals surface area contributed by atoms with Crippen molar-refractivity contribution in [3.63, 3.8) is 0 Å².